The topological polar surface area (TPSA) is 81.4 Å². The van der Waals surface area contributed by atoms with E-state index in [9.17, 15) is 14.7 Å². The number of carbonyl (C=O) groups is 1. The molecule has 134 valence electrons. The van der Waals surface area contributed by atoms with Gasteiger partial charge in [0.25, 0.3) is 5.56 Å². The quantitative estimate of drug-likeness (QED) is 0.863. The van der Waals surface area contributed by atoms with Crippen LogP contribution in [0, 0.1) is 6.92 Å². The van der Waals surface area contributed by atoms with Crippen molar-refractivity contribution in [3.05, 3.63) is 57.0 Å². The average Bonchev–Trinajstić information content (AvgIpc) is 2.51. The number of aromatic nitrogens is 2. The predicted molar refractivity (Wildman–Crippen MR) is 95.1 cm³/mol. The minimum atomic E-state index is -0.837. The molecule has 0 aliphatic rings. The maximum absolute atomic E-state index is 12.7. The number of aryl methyl sites for hydroxylation is 1. The first-order chi connectivity index (χ1) is 11.7. The molecule has 6 nitrogen and oxygen atoms in total. The van der Waals surface area contributed by atoms with Crippen molar-refractivity contribution < 1.29 is 14.6 Å². The van der Waals surface area contributed by atoms with E-state index in [2.05, 4.69) is 5.10 Å². The van der Waals surface area contributed by atoms with Crippen LogP contribution < -0.4 is 5.56 Å². The second kappa shape index (κ2) is 7.09. The van der Waals surface area contributed by atoms with Gasteiger partial charge in [-0.05, 0) is 25.0 Å². The molecule has 0 radical (unpaired) electrons. The zero-order chi connectivity index (χ0) is 18.8. The molecule has 0 unspecified atom stereocenters. The highest BCUT2D eigenvalue weighted by atomic mass is 16.5. The summed E-state index contributed by atoms with van der Waals surface area (Å²) in [7, 11) is 0. The van der Waals surface area contributed by atoms with E-state index in [0.717, 1.165) is 11.1 Å². The Balaban J connectivity index is 2.68. The lowest BCUT2D eigenvalue weighted by atomic mass is 9.90. The highest BCUT2D eigenvalue weighted by Gasteiger charge is 2.29. The van der Waals surface area contributed by atoms with Crippen LogP contribution in [0.3, 0.4) is 0 Å². The Morgan fingerprint density at radius 1 is 1.28 bits per heavy atom. The Hall–Kier alpha value is -2.63. The fourth-order valence-electron chi connectivity index (χ4n) is 2.51. The summed E-state index contributed by atoms with van der Waals surface area (Å²) >= 11 is 0. The number of aromatic hydroxyl groups is 1. The van der Waals surface area contributed by atoms with Crippen LogP contribution in [-0.4, -0.2) is 27.5 Å². The molecule has 0 spiro atoms. The van der Waals surface area contributed by atoms with Crippen molar-refractivity contribution in [2.75, 3.05) is 6.61 Å². The SMILES string of the molecule is CCOC(=O)c1c(O)c(C(C)(C)C)nn(Cc2ccccc2C)c1=O. The number of esters is 1. The smallest absolute Gasteiger partial charge is 0.347 e. The first-order valence-electron chi connectivity index (χ1n) is 8.23. The van der Waals surface area contributed by atoms with Gasteiger partial charge in [-0.15, -0.1) is 0 Å². The summed E-state index contributed by atoms with van der Waals surface area (Å²) in [6, 6.07) is 7.63. The van der Waals surface area contributed by atoms with Crippen LogP contribution in [0.15, 0.2) is 29.1 Å². The Bertz CT molecular complexity index is 847. The molecule has 0 aliphatic carbocycles. The van der Waals surface area contributed by atoms with Crippen LogP contribution in [0.2, 0.25) is 0 Å². The third-order valence-corrected chi connectivity index (χ3v) is 3.90. The number of hydrogen-bond donors (Lipinski definition) is 1. The van der Waals surface area contributed by atoms with E-state index in [0.29, 0.717) is 0 Å². The van der Waals surface area contributed by atoms with Gasteiger partial charge in [0.05, 0.1) is 13.2 Å². The molecule has 0 bridgehead atoms. The molecule has 2 rings (SSSR count). The van der Waals surface area contributed by atoms with Crippen LogP contribution >= 0.6 is 0 Å². The van der Waals surface area contributed by atoms with E-state index >= 15 is 0 Å². The summed E-state index contributed by atoms with van der Waals surface area (Å²) in [4.78, 5) is 25.0. The fraction of sp³-hybridized carbons (Fsp3) is 0.421. The van der Waals surface area contributed by atoms with Crippen LogP contribution in [0.1, 0.15) is 54.9 Å². The number of benzene rings is 1. The third-order valence-electron chi connectivity index (χ3n) is 3.90. The lowest BCUT2D eigenvalue weighted by molar-refractivity contribution is 0.0519. The van der Waals surface area contributed by atoms with Gasteiger partial charge in [-0.25, -0.2) is 9.48 Å². The van der Waals surface area contributed by atoms with Crippen molar-refractivity contribution in [3.8, 4) is 5.75 Å². The molecular weight excluding hydrogens is 320 g/mol. The van der Waals surface area contributed by atoms with Crippen LogP contribution in [0.4, 0.5) is 0 Å². The van der Waals surface area contributed by atoms with Crippen LogP contribution in [-0.2, 0) is 16.7 Å². The zero-order valence-corrected chi connectivity index (χ0v) is 15.3. The van der Waals surface area contributed by atoms with Crippen molar-refractivity contribution >= 4 is 5.97 Å². The average molecular weight is 344 g/mol. The van der Waals surface area contributed by atoms with Gasteiger partial charge in [0.2, 0.25) is 0 Å². The van der Waals surface area contributed by atoms with Crippen molar-refractivity contribution in [2.45, 2.75) is 46.6 Å². The van der Waals surface area contributed by atoms with E-state index in [4.69, 9.17) is 4.74 Å². The molecule has 1 heterocycles. The molecule has 6 heteroatoms. The second-order valence-electron chi connectivity index (χ2n) is 6.93. The van der Waals surface area contributed by atoms with Crippen molar-refractivity contribution in [3.63, 3.8) is 0 Å². The molecule has 0 aliphatic heterocycles. The number of hydrogen-bond acceptors (Lipinski definition) is 5. The predicted octanol–water partition coefficient (Wildman–Crippen LogP) is 2.78. The van der Waals surface area contributed by atoms with Gasteiger partial charge in [-0.2, -0.15) is 5.10 Å². The van der Waals surface area contributed by atoms with Gasteiger partial charge >= 0.3 is 5.97 Å². The van der Waals surface area contributed by atoms with Crippen LogP contribution in [0.25, 0.3) is 0 Å². The summed E-state index contributed by atoms with van der Waals surface area (Å²) in [6.07, 6.45) is 0. The number of rotatable bonds is 4. The molecule has 2 aromatic rings. The first-order valence-corrected chi connectivity index (χ1v) is 8.23. The Morgan fingerprint density at radius 3 is 2.48 bits per heavy atom. The molecular formula is C19H24N2O4. The lowest BCUT2D eigenvalue weighted by Crippen LogP contribution is -2.33. The maximum atomic E-state index is 12.7. The molecule has 1 N–H and O–H groups in total. The largest absolute Gasteiger partial charge is 0.505 e. The summed E-state index contributed by atoms with van der Waals surface area (Å²) in [6.45, 7) is 9.47. The Kier molecular flexibility index (Phi) is 5.30. The van der Waals surface area contributed by atoms with Gasteiger partial charge in [0.1, 0.15) is 5.69 Å². The molecule has 25 heavy (non-hydrogen) atoms. The monoisotopic (exact) mass is 344 g/mol. The standard InChI is InChI=1S/C19H24N2O4/c1-6-25-18(24)14-15(22)16(19(3,4)5)20-21(17(14)23)11-13-10-8-7-9-12(13)2/h7-10,22H,6,11H2,1-5H3. The number of ether oxygens (including phenoxy) is 1. The molecule has 0 saturated carbocycles. The van der Waals surface area contributed by atoms with E-state index in [1.165, 1.54) is 4.68 Å². The maximum Gasteiger partial charge on any atom is 0.347 e. The fourth-order valence-corrected chi connectivity index (χ4v) is 2.51. The zero-order valence-electron chi connectivity index (χ0n) is 15.3. The number of carbonyl (C=O) groups excluding carboxylic acids is 1. The first kappa shape index (κ1) is 18.7. The van der Waals surface area contributed by atoms with Crippen molar-refractivity contribution in [1.82, 2.24) is 9.78 Å². The van der Waals surface area contributed by atoms with Crippen LogP contribution in [0.5, 0.6) is 5.75 Å². The molecule has 0 amide bonds. The summed E-state index contributed by atoms with van der Waals surface area (Å²) in [5.74, 6) is -1.24. The summed E-state index contributed by atoms with van der Waals surface area (Å²) < 4.78 is 6.16. The normalized spacial score (nSPS) is 11.4. The molecule has 1 aromatic heterocycles. The number of nitrogens with zero attached hydrogens (tertiary/aromatic N) is 2. The van der Waals surface area contributed by atoms with E-state index < -0.39 is 22.7 Å². The summed E-state index contributed by atoms with van der Waals surface area (Å²) in [5, 5.41) is 14.8. The summed E-state index contributed by atoms with van der Waals surface area (Å²) in [5.41, 5.74) is 0.634. The van der Waals surface area contributed by atoms with E-state index in [1.54, 1.807) is 6.92 Å². The second-order valence-corrected chi connectivity index (χ2v) is 6.93. The van der Waals surface area contributed by atoms with Gasteiger partial charge in [0, 0.05) is 5.41 Å². The Labute approximate surface area is 147 Å². The van der Waals surface area contributed by atoms with E-state index in [1.807, 2.05) is 52.0 Å². The Morgan fingerprint density at radius 2 is 1.92 bits per heavy atom. The van der Waals surface area contributed by atoms with Crippen molar-refractivity contribution in [1.29, 1.82) is 0 Å². The molecule has 1 aromatic carbocycles. The van der Waals surface area contributed by atoms with Gasteiger partial charge < -0.3 is 9.84 Å². The highest BCUT2D eigenvalue weighted by Crippen LogP contribution is 2.30. The lowest BCUT2D eigenvalue weighted by Gasteiger charge is -2.21. The van der Waals surface area contributed by atoms with Gasteiger partial charge in [-0.1, -0.05) is 45.0 Å². The molecule has 0 atom stereocenters. The third kappa shape index (κ3) is 3.90. The minimum absolute atomic E-state index is 0.114. The molecule has 0 saturated heterocycles. The minimum Gasteiger partial charge on any atom is -0.505 e. The van der Waals surface area contributed by atoms with Gasteiger partial charge in [-0.3, -0.25) is 4.79 Å². The van der Waals surface area contributed by atoms with Crippen molar-refractivity contribution in [2.24, 2.45) is 0 Å². The van der Waals surface area contributed by atoms with Gasteiger partial charge in [0.15, 0.2) is 11.3 Å². The molecule has 0 fully saturated rings. The van der Waals surface area contributed by atoms with E-state index in [-0.39, 0.29) is 24.4 Å². The highest BCUT2D eigenvalue weighted by molar-refractivity contribution is 5.92.